The molecule has 1 atom stereocenters. The Kier molecular flexibility index (Phi) is 2.40. The van der Waals surface area contributed by atoms with Gasteiger partial charge in [0.25, 0.3) is 0 Å². The first kappa shape index (κ1) is 10.7. The molecule has 2 aliphatic heterocycles. The quantitative estimate of drug-likeness (QED) is 0.766. The molecule has 2 heterocycles. The molecule has 1 aromatic carbocycles. The van der Waals surface area contributed by atoms with Gasteiger partial charge in [-0.05, 0) is 31.1 Å². The topological polar surface area (TPSA) is 27.6 Å². The summed E-state index contributed by atoms with van der Waals surface area (Å²) < 4.78 is 0. The van der Waals surface area contributed by atoms with Gasteiger partial charge in [-0.1, -0.05) is 30.3 Å². The third-order valence-electron chi connectivity index (χ3n) is 3.46. The van der Waals surface area contributed by atoms with Crippen molar-refractivity contribution in [2.45, 2.75) is 18.9 Å². The lowest BCUT2D eigenvalue weighted by Gasteiger charge is -2.28. The predicted octanol–water partition coefficient (Wildman–Crippen LogP) is 1.89. The fourth-order valence-electron chi connectivity index (χ4n) is 2.54. The van der Waals surface area contributed by atoms with E-state index < -0.39 is 0 Å². The molecule has 1 aromatic rings. The highest BCUT2D eigenvalue weighted by molar-refractivity contribution is 7.80. The van der Waals surface area contributed by atoms with E-state index in [0.29, 0.717) is 0 Å². The summed E-state index contributed by atoms with van der Waals surface area (Å²) in [6, 6.07) is 10.4. The molecule has 0 bridgehead atoms. The van der Waals surface area contributed by atoms with Crippen molar-refractivity contribution < 1.29 is 0 Å². The van der Waals surface area contributed by atoms with Crippen molar-refractivity contribution in [2.24, 2.45) is 4.99 Å². The lowest BCUT2D eigenvalue weighted by atomic mass is 9.91. The Bertz CT molecular complexity index is 483. The van der Waals surface area contributed by atoms with Crippen molar-refractivity contribution in [3.63, 3.8) is 0 Å². The molecule has 1 unspecified atom stereocenters. The summed E-state index contributed by atoms with van der Waals surface area (Å²) in [6.07, 6.45) is 1.08. The highest BCUT2D eigenvalue weighted by Crippen LogP contribution is 2.31. The second-order valence-corrected chi connectivity index (χ2v) is 5.02. The molecule has 0 saturated carbocycles. The van der Waals surface area contributed by atoms with Crippen molar-refractivity contribution in [2.75, 3.05) is 13.1 Å². The molecule has 1 saturated heterocycles. The summed E-state index contributed by atoms with van der Waals surface area (Å²) in [7, 11) is 0. The molecule has 0 spiro atoms. The Morgan fingerprint density at radius 2 is 2.12 bits per heavy atom. The smallest absolute Gasteiger partial charge is 0.175 e. The zero-order valence-corrected chi connectivity index (χ0v) is 10.6. The molecule has 88 valence electrons. The molecule has 4 heteroatoms. The fraction of sp³-hybridized carbons (Fsp3) is 0.385. The number of amidine groups is 1. The molecule has 0 amide bonds. The largest absolute Gasteiger partial charge is 0.346 e. The number of nitrogens with zero attached hydrogens (tertiary/aromatic N) is 2. The van der Waals surface area contributed by atoms with Gasteiger partial charge >= 0.3 is 0 Å². The summed E-state index contributed by atoms with van der Waals surface area (Å²) in [5.41, 5.74) is 0.948. The van der Waals surface area contributed by atoms with Crippen molar-refractivity contribution in [1.82, 2.24) is 10.2 Å². The number of fused-ring (bicyclic) bond motifs is 1. The zero-order chi connectivity index (χ0) is 11.9. The first-order valence-corrected chi connectivity index (χ1v) is 6.33. The number of hydrogen-bond acceptors (Lipinski definition) is 2. The van der Waals surface area contributed by atoms with Crippen molar-refractivity contribution in [3.8, 4) is 0 Å². The predicted molar refractivity (Wildman–Crippen MR) is 73.2 cm³/mol. The van der Waals surface area contributed by atoms with Crippen molar-refractivity contribution in [1.29, 1.82) is 0 Å². The molecule has 2 aliphatic rings. The van der Waals surface area contributed by atoms with Gasteiger partial charge in [-0.2, -0.15) is 0 Å². The number of thiocarbonyl (C=S) groups is 1. The van der Waals surface area contributed by atoms with Gasteiger partial charge in [0, 0.05) is 13.1 Å². The first-order valence-electron chi connectivity index (χ1n) is 5.92. The van der Waals surface area contributed by atoms with Gasteiger partial charge in [0.2, 0.25) is 0 Å². The van der Waals surface area contributed by atoms with Gasteiger partial charge in [-0.3, -0.25) is 4.99 Å². The monoisotopic (exact) mass is 245 g/mol. The van der Waals surface area contributed by atoms with E-state index in [0.717, 1.165) is 30.5 Å². The van der Waals surface area contributed by atoms with Gasteiger partial charge in [-0.15, -0.1) is 0 Å². The Labute approximate surface area is 107 Å². The molecule has 3 rings (SSSR count). The summed E-state index contributed by atoms with van der Waals surface area (Å²) in [5.74, 6) is 1.07. The van der Waals surface area contributed by atoms with Crippen LogP contribution in [0.15, 0.2) is 35.3 Å². The van der Waals surface area contributed by atoms with E-state index in [9.17, 15) is 0 Å². The van der Waals surface area contributed by atoms with Crippen LogP contribution in [0.3, 0.4) is 0 Å². The minimum absolute atomic E-state index is 0.265. The maximum Gasteiger partial charge on any atom is 0.175 e. The van der Waals surface area contributed by atoms with Crippen molar-refractivity contribution in [3.05, 3.63) is 35.9 Å². The highest BCUT2D eigenvalue weighted by Gasteiger charge is 2.45. The van der Waals surface area contributed by atoms with Crippen LogP contribution >= 0.6 is 12.2 Å². The molecule has 1 N–H and O–H groups in total. The third-order valence-corrected chi connectivity index (χ3v) is 3.78. The van der Waals surface area contributed by atoms with Crippen molar-refractivity contribution >= 4 is 23.2 Å². The average molecular weight is 245 g/mol. The zero-order valence-electron chi connectivity index (χ0n) is 9.81. The van der Waals surface area contributed by atoms with Crippen LogP contribution < -0.4 is 5.32 Å². The van der Waals surface area contributed by atoms with Gasteiger partial charge < -0.3 is 10.2 Å². The van der Waals surface area contributed by atoms with Gasteiger partial charge in [0.1, 0.15) is 11.4 Å². The molecule has 0 radical (unpaired) electrons. The third kappa shape index (κ3) is 1.55. The van der Waals surface area contributed by atoms with Crippen LogP contribution in [-0.4, -0.2) is 28.9 Å². The fourth-order valence-corrected chi connectivity index (χ4v) is 2.92. The van der Waals surface area contributed by atoms with E-state index in [-0.39, 0.29) is 5.54 Å². The average Bonchev–Trinajstić information content (AvgIpc) is 2.65. The van der Waals surface area contributed by atoms with E-state index >= 15 is 0 Å². The van der Waals surface area contributed by atoms with Gasteiger partial charge in [0.05, 0.1) is 0 Å². The number of rotatable bonds is 1. The molecular formula is C13H15N3S. The second kappa shape index (κ2) is 3.81. The van der Waals surface area contributed by atoms with E-state index in [1.54, 1.807) is 0 Å². The highest BCUT2D eigenvalue weighted by atomic mass is 32.1. The summed E-state index contributed by atoms with van der Waals surface area (Å²) in [4.78, 5) is 6.79. The summed E-state index contributed by atoms with van der Waals surface area (Å²) in [5, 5.41) is 4.22. The van der Waals surface area contributed by atoms with Gasteiger partial charge in [0.15, 0.2) is 5.11 Å². The Hall–Kier alpha value is -1.42. The summed E-state index contributed by atoms with van der Waals surface area (Å²) >= 11 is 5.40. The maximum absolute atomic E-state index is 5.40. The number of hydrogen-bond donors (Lipinski definition) is 1. The van der Waals surface area contributed by atoms with Crippen LogP contribution in [0.2, 0.25) is 0 Å². The van der Waals surface area contributed by atoms with E-state index in [4.69, 9.17) is 12.2 Å². The van der Waals surface area contributed by atoms with Crippen LogP contribution in [-0.2, 0) is 5.54 Å². The first-order chi connectivity index (χ1) is 8.22. The minimum atomic E-state index is -0.265. The van der Waals surface area contributed by atoms with E-state index in [1.165, 1.54) is 5.56 Å². The molecule has 3 nitrogen and oxygen atoms in total. The van der Waals surface area contributed by atoms with Crippen LogP contribution in [0.1, 0.15) is 18.9 Å². The standard InChI is InChI=1S/C13H15N3S/c1-13(10-6-3-2-4-7-10)11-14-8-5-9-16(11)12(17)15-13/h2-4,6-7H,5,8-9H2,1H3,(H,15,17). The Balaban J connectivity index is 2.09. The van der Waals surface area contributed by atoms with Crippen LogP contribution in [0.5, 0.6) is 0 Å². The maximum atomic E-state index is 5.40. The van der Waals surface area contributed by atoms with Crippen LogP contribution in [0.4, 0.5) is 0 Å². The SMILES string of the molecule is CC1(c2ccccc2)NC(=S)N2CCCN=C21. The molecule has 0 aliphatic carbocycles. The van der Waals surface area contributed by atoms with Crippen LogP contribution in [0.25, 0.3) is 0 Å². The Morgan fingerprint density at radius 3 is 2.88 bits per heavy atom. The number of nitrogens with one attached hydrogen (secondary N) is 1. The van der Waals surface area contributed by atoms with Gasteiger partial charge in [-0.25, -0.2) is 0 Å². The molecular weight excluding hydrogens is 230 g/mol. The molecule has 17 heavy (non-hydrogen) atoms. The lowest BCUT2D eigenvalue weighted by Crippen LogP contribution is -2.42. The number of aliphatic imine (C=N–C) groups is 1. The van der Waals surface area contributed by atoms with E-state index in [2.05, 4.69) is 46.4 Å². The van der Waals surface area contributed by atoms with Crippen LogP contribution in [0, 0.1) is 0 Å². The molecule has 1 fully saturated rings. The second-order valence-electron chi connectivity index (χ2n) is 4.63. The lowest BCUT2D eigenvalue weighted by molar-refractivity contribution is 0.535. The van der Waals surface area contributed by atoms with E-state index in [1.807, 2.05) is 6.07 Å². The number of benzene rings is 1. The molecule has 0 aromatic heterocycles. The Morgan fingerprint density at radius 1 is 1.35 bits per heavy atom. The minimum Gasteiger partial charge on any atom is -0.346 e. The normalized spacial score (nSPS) is 27.5. The summed E-state index contributed by atoms with van der Waals surface area (Å²) in [6.45, 7) is 4.03.